The first kappa shape index (κ1) is 18.7. The van der Waals surface area contributed by atoms with Crippen LogP contribution in [-0.2, 0) is 25.3 Å². The van der Waals surface area contributed by atoms with Crippen LogP contribution in [0.5, 0.6) is 0 Å². The van der Waals surface area contributed by atoms with Gasteiger partial charge in [-0.1, -0.05) is 47.5 Å². The Morgan fingerprint density at radius 1 is 1.11 bits per heavy atom. The van der Waals surface area contributed by atoms with Gasteiger partial charge in [0.1, 0.15) is 0 Å². The number of rotatable bonds is 3. The average Bonchev–Trinajstić information content (AvgIpc) is 2.90. The zero-order valence-corrected chi connectivity index (χ0v) is 17.0. The molecule has 0 unspecified atom stereocenters. The van der Waals surface area contributed by atoms with Crippen LogP contribution >= 0.6 is 0 Å². The topological polar surface area (TPSA) is 74.1 Å². The van der Waals surface area contributed by atoms with Crippen LogP contribution in [0.15, 0.2) is 45.7 Å². The van der Waals surface area contributed by atoms with Crippen molar-refractivity contribution in [2.45, 2.75) is 51.5 Å². The van der Waals surface area contributed by atoms with Crippen LogP contribution in [0.1, 0.15) is 52.5 Å². The Labute approximate surface area is 165 Å². The summed E-state index contributed by atoms with van der Waals surface area (Å²) in [5, 5.41) is 0. The van der Waals surface area contributed by atoms with Crippen molar-refractivity contribution in [1.82, 2.24) is 9.72 Å². The molecule has 3 aromatic rings. The molecule has 2 aromatic carbocycles. The van der Waals surface area contributed by atoms with Gasteiger partial charge in [-0.3, -0.25) is 0 Å². The van der Waals surface area contributed by atoms with Gasteiger partial charge in [0, 0.05) is 13.1 Å². The summed E-state index contributed by atoms with van der Waals surface area (Å²) in [4.78, 5) is 16.4. The second-order valence-electron chi connectivity index (χ2n) is 8.20. The highest BCUT2D eigenvalue weighted by molar-refractivity contribution is 5.56. The van der Waals surface area contributed by atoms with Crippen LogP contribution in [0, 0.1) is 13.8 Å². The molecule has 146 valence electrons. The third kappa shape index (κ3) is 2.90. The maximum atomic E-state index is 12.1. The molecule has 0 aliphatic heterocycles. The number of benzene rings is 2. The van der Waals surface area contributed by atoms with Gasteiger partial charge in [0.15, 0.2) is 5.82 Å². The molecule has 5 heteroatoms. The van der Waals surface area contributed by atoms with Crippen molar-refractivity contribution in [3.63, 3.8) is 0 Å². The third-order valence-electron chi connectivity index (χ3n) is 5.83. The molecule has 1 aliphatic rings. The summed E-state index contributed by atoms with van der Waals surface area (Å²) < 4.78 is 6.82. The second kappa shape index (κ2) is 6.74. The summed E-state index contributed by atoms with van der Waals surface area (Å²) >= 11 is 0. The van der Waals surface area contributed by atoms with E-state index in [1.165, 1.54) is 38.1 Å². The molecule has 28 heavy (non-hydrogen) atoms. The first-order valence-corrected chi connectivity index (χ1v) is 9.81. The van der Waals surface area contributed by atoms with Crippen LogP contribution in [-0.4, -0.2) is 15.8 Å². The second-order valence-corrected chi connectivity index (χ2v) is 8.20. The van der Waals surface area contributed by atoms with E-state index in [-0.39, 0.29) is 6.04 Å². The number of aromatic nitrogens is 2. The predicted molar refractivity (Wildman–Crippen MR) is 110 cm³/mol. The van der Waals surface area contributed by atoms with Crippen LogP contribution in [0.2, 0.25) is 0 Å². The third-order valence-corrected chi connectivity index (χ3v) is 5.83. The highest BCUT2D eigenvalue weighted by Crippen LogP contribution is 2.47. The molecule has 0 radical (unpaired) electrons. The number of aryl methyl sites for hydroxylation is 5. The standard InChI is InChI=1S/C23H27N3O2/c1-14-5-9-19-17(11-14)7-8-18-12-15(2)6-10-20(18)23(19,13-16(3)24)21-25-22(27)28-26(21)4/h5-6,9-12,16H,7-8,13,24H2,1-4H3/t16-/m1/s1. The normalized spacial score (nSPS) is 16.2. The van der Waals surface area contributed by atoms with Crippen molar-refractivity contribution in [3.05, 3.63) is 86.2 Å². The number of nitrogens with two attached hydrogens (primary N) is 1. The molecule has 1 heterocycles. The lowest BCUT2D eigenvalue weighted by Crippen LogP contribution is -2.39. The predicted octanol–water partition coefficient (Wildman–Crippen LogP) is 3.16. The van der Waals surface area contributed by atoms with E-state index in [0.717, 1.165) is 12.8 Å². The van der Waals surface area contributed by atoms with Crippen LogP contribution in [0.4, 0.5) is 0 Å². The molecule has 0 bridgehead atoms. The van der Waals surface area contributed by atoms with Crippen molar-refractivity contribution >= 4 is 0 Å². The highest BCUT2D eigenvalue weighted by atomic mass is 16.5. The van der Waals surface area contributed by atoms with Crippen LogP contribution in [0.3, 0.4) is 0 Å². The van der Waals surface area contributed by atoms with Crippen molar-refractivity contribution in [3.8, 4) is 0 Å². The molecule has 0 amide bonds. The molecule has 2 N–H and O–H groups in total. The summed E-state index contributed by atoms with van der Waals surface area (Å²) in [6.07, 6.45) is 2.53. The molecular formula is C23H27N3O2. The Kier molecular flexibility index (Phi) is 4.50. The maximum Gasteiger partial charge on any atom is 0.459 e. The molecule has 1 aliphatic carbocycles. The Hall–Kier alpha value is -2.66. The fourth-order valence-corrected chi connectivity index (χ4v) is 4.84. The van der Waals surface area contributed by atoms with Gasteiger partial charge in [0.2, 0.25) is 0 Å². The number of hydrogen-bond donors (Lipinski definition) is 1. The minimum atomic E-state index is -0.627. The van der Waals surface area contributed by atoms with E-state index in [1.807, 2.05) is 6.92 Å². The molecular weight excluding hydrogens is 350 g/mol. The van der Waals surface area contributed by atoms with Crippen molar-refractivity contribution in [2.75, 3.05) is 0 Å². The van der Waals surface area contributed by atoms with E-state index in [1.54, 1.807) is 7.05 Å². The van der Waals surface area contributed by atoms with E-state index in [9.17, 15) is 4.79 Å². The van der Waals surface area contributed by atoms with Gasteiger partial charge in [-0.2, -0.15) is 9.72 Å². The van der Waals surface area contributed by atoms with Crippen molar-refractivity contribution < 1.29 is 4.52 Å². The van der Waals surface area contributed by atoms with Crippen LogP contribution < -0.4 is 11.5 Å². The smallest absolute Gasteiger partial charge is 0.328 e. The Morgan fingerprint density at radius 3 is 2.07 bits per heavy atom. The number of hydrogen-bond acceptors (Lipinski definition) is 4. The first-order valence-electron chi connectivity index (χ1n) is 9.81. The Bertz CT molecular complexity index is 1040. The molecule has 0 fully saturated rings. The van der Waals surface area contributed by atoms with E-state index < -0.39 is 11.2 Å². The summed E-state index contributed by atoms with van der Waals surface area (Å²) in [6.45, 7) is 6.23. The van der Waals surface area contributed by atoms with E-state index in [0.29, 0.717) is 12.2 Å². The monoisotopic (exact) mass is 377 g/mol. The van der Waals surface area contributed by atoms with Gasteiger partial charge in [-0.05, 0) is 62.3 Å². The van der Waals surface area contributed by atoms with Gasteiger partial charge in [0.05, 0.1) is 5.41 Å². The number of fused-ring (bicyclic) bond motifs is 2. The fraction of sp³-hybridized carbons (Fsp3) is 0.391. The zero-order chi connectivity index (χ0) is 20.1. The van der Waals surface area contributed by atoms with Gasteiger partial charge in [-0.15, -0.1) is 0 Å². The van der Waals surface area contributed by atoms with Gasteiger partial charge in [0.25, 0.3) is 0 Å². The van der Waals surface area contributed by atoms with E-state index >= 15 is 0 Å². The first-order chi connectivity index (χ1) is 13.3. The zero-order valence-electron chi connectivity index (χ0n) is 17.0. The summed E-state index contributed by atoms with van der Waals surface area (Å²) in [5.74, 6) is 0.0417. The van der Waals surface area contributed by atoms with Gasteiger partial charge in [-0.25, -0.2) is 4.79 Å². The Morgan fingerprint density at radius 2 is 1.64 bits per heavy atom. The minimum absolute atomic E-state index is 0.0896. The largest absolute Gasteiger partial charge is 0.459 e. The quantitative estimate of drug-likeness (QED) is 0.761. The Balaban J connectivity index is 2.16. The SMILES string of the molecule is Cc1ccc2c(c1)CCc1cc(C)ccc1C2(C[C@@H](C)N)c1nc(=O)on1C. The van der Waals surface area contributed by atoms with Gasteiger partial charge < -0.3 is 10.3 Å². The minimum Gasteiger partial charge on any atom is -0.328 e. The fourth-order valence-electron chi connectivity index (χ4n) is 4.84. The van der Waals surface area contributed by atoms with E-state index in [2.05, 4.69) is 55.2 Å². The molecule has 1 atom stereocenters. The summed E-state index contributed by atoms with van der Waals surface area (Å²) in [5.41, 5.74) is 13.1. The molecule has 0 saturated heterocycles. The van der Waals surface area contributed by atoms with Crippen molar-refractivity contribution in [2.24, 2.45) is 12.8 Å². The van der Waals surface area contributed by atoms with Gasteiger partial charge >= 0.3 is 5.76 Å². The van der Waals surface area contributed by atoms with Crippen molar-refractivity contribution in [1.29, 1.82) is 0 Å². The molecule has 1 aromatic heterocycles. The highest BCUT2D eigenvalue weighted by Gasteiger charge is 2.45. The molecule has 5 nitrogen and oxygen atoms in total. The van der Waals surface area contributed by atoms with Crippen LogP contribution in [0.25, 0.3) is 0 Å². The lowest BCUT2D eigenvalue weighted by Gasteiger charge is -2.36. The van der Waals surface area contributed by atoms with E-state index in [4.69, 9.17) is 10.3 Å². The maximum absolute atomic E-state index is 12.1. The average molecular weight is 377 g/mol. The number of nitrogens with zero attached hydrogens (tertiary/aromatic N) is 2. The summed E-state index contributed by atoms with van der Waals surface area (Å²) in [6, 6.07) is 13.0. The summed E-state index contributed by atoms with van der Waals surface area (Å²) in [7, 11) is 1.75. The lowest BCUT2D eigenvalue weighted by molar-refractivity contribution is 0.264. The molecule has 0 spiro atoms. The molecule has 4 rings (SSSR count). The molecule has 0 saturated carbocycles. The lowest BCUT2D eigenvalue weighted by atomic mass is 9.68.